The minimum atomic E-state index is -2.23. The molecule has 0 heterocycles. The molecular formula is C17H24O4Si. The van der Waals surface area contributed by atoms with Crippen LogP contribution >= 0.6 is 0 Å². The molecule has 0 aromatic heterocycles. The van der Waals surface area contributed by atoms with E-state index in [1.807, 2.05) is 30.3 Å². The monoisotopic (exact) mass is 320 g/mol. The average Bonchev–Trinajstić information content (AvgIpc) is 2.48. The van der Waals surface area contributed by atoms with Gasteiger partial charge in [-0.1, -0.05) is 53.8 Å². The normalized spacial score (nSPS) is 11.1. The van der Waals surface area contributed by atoms with Crippen molar-refractivity contribution < 1.29 is 19.1 Å². The molecule has 4 nitrogen and oxygen atoms in total. The summed E-state index contributed by atoms with van der Waals surface area (Å²) in [6.45, 7) is 12.1. The van der Waals surface area contributed by atoms with E-state index in [9.17, 15) is 9.59 Å². The van der Waals surface area contributed by atoms with Gasteiger partial charge < -0.3 is 9.47 Å². The Morgan fingerprint density at radius 3 is 1.91 bits per heavy atom. The van der Waals surface area contributed by atoms with E-state index in [2.05, 4.69) is 19.7 Å². The Kier molecular flexibility index (Phi) is 6.55. The SMILES string of the molecule is C=C(C(C(=O)OCC)C(=O)OCC)[Si](C)(C)c1ccccc1. The Bertz CT molecular complexity index is 519. The zero-order valence-corrected chi connectivity index (χ0v) is 14.7. The molecular weight excluding hydrogens is 296 g/mol. The van der Waals surface area contributed by atoms with Crippen LogP contribution < -0.4 is 5.19 Å². The molecule has 22 heavy (non-hydrogen) atoms. The number of esters is 2. The van der Waals surface area contributed by atoms with Crippen LogP contribution in [0.3, 0.4) is 0 Å². The number of carbonyl (C=O) groups is 2. The molecule has 0 aliphatic rings. The molecule has 0 spiro atoms. The van der Waals surface area contributed by atoms with Crippen LogP contribution in [-0.4, -0.2) is 33.2 Å². The second-order valence-corrected chi connectivity index (χ2v) is 9.92. The van der Waals surface area contributed by atoms with Gasteiger partial charge in [-0.25, -0.2) is 0 Å². The molecule has 0 saturated heterocycles. The Hall–Kier alpha value is -1.88. The van der Waals surface area contributed by atoms with Gasteiger partial charge in [0.25, 0.3) is 0 Å². The highest BCUT2D eigenvalue weighted by Crippen LogP contribution is 2.24. The van der Waals surface area contributed by atoms with Crippen LogP contribution in [0.2, 0.25) is 13.1 Å². The number of benzene rings is 1. The first-order valence-electron chi connectivity index (χ1n) is 7.44. The third kappa shape index (κ3) is 4.07. The molecule has 0 radical (unpaired) electrons. The number of hydrogen-bond acceptors (Lipinski definition) is 4. The summed E-state index contributed by atoms with van der Waals surface area (Å²) in [6, 6.07) is 9.84. The number of ether oxygens (including phenoxy) is 2. The van der Waals surface area contributed by atoms with Crippen LogP contribution in [0.5, 0.6) is 0 Å². The summed E-state index contributed by atoms with van der Waals surface area (Å²) in [5.41, 5.74) is 0. The predicted octanol–water partition coefficient (Wildman–Crippen LogP) is 2.44. The highest BCUT2D eigenvalue weighted by atomic mass is 28.3. The van der Waals surface area contributed by atoms with Crippen molar-refractivity contribution >= 4 is 25.2 Å². The molecule has 0 bridgehead atoms. The van der Waals surface area contributed by atoms with Gasteiger partial charge in [0.1, 0.15) is 8.07 Å². The summed E-state index contributed by atoms with van der Waals surface area (Å²) in [6.07, 6.45) is 0. The molecule has 0 saturated carbocycles. The van der Waals surface area contributed by atoms with Crippen LogP contribution in [0.4, 0.5) is 0 Å². The zero-order chi connectivity index (χ0) is 16.8. The molecule has 0 amide bonds. The number of hydrogen-bond donors (Lipinski definition) is 0. The maximum absolute atomic E-state index is 12.2. The van der Waals surface area contributed by atoms with Gasteiger partial charge in [0, 0.05) is 0 Å². The van der Waals surface area contributed by atoms with Gasteiger partial charge >= 0.3 is 11.9 Å². The van der Waals surface area contributed by atoms with Crippen molar-refractivity contribution in [1.29, 1.82) is 0 Å². The number of rotatable bonds is 7. The number of carbonyl (C=O) groups excluding carboxylic acids is 2. The van der Waals surface area contributed by atoms with E-state index in [4.69, 9.17) is 9.47 Å². The summed E-state index contributed by atoms with van der Waals surface area (Å²) in [5.74, 6) is -2.22. The average molecular weight is 320 g/mol. The van der Waals surface area contributed by atoms with E-state index >= 15 is 0 Å². The van der Waals surface area contributed by atoms with Gasteiger partial charge in [-0.2, -0.15) is 0 Å². The third-order valence-corrected chi connectivity index (χ3v) is 7.36. The molecule has 0 aliphatic carbocycles. The molecule has 0 unspecified atom stereocenters. The van der Waals surface area contributed by atoms with Crippen LogP contribution in [0, 0.1) is 5.92 Å². The molecule has 0 fully saturated rings. The van der Waals surface area contributed by atoms with Crippen molar-refractivity contribution in [3.63, 3.8) is 0 Å². The Morgan fingerprint density at radius 2 is 1.50 bits per heavy atom. The largest absolute Gasteiger partial charge is 0.465 e. The predicted molar refractivity (Wildman–Crippen MR) is 89.5 cm³/mol. The van der Waals surface area contributed by atoms with Crippen LogP contribution in [0.25, 0.3) is 0 Å². The molecule has 0 N–H and O–H groups in total. The minimum Gasteiger partial charge on any atom is -0.465 e. The summed E-state index contributed by atoms with van der Waals surface area (Å²) in [4.78, 5) is 24.4. The summed E-state index contributed by atoms with van der Waals surface area (Å²) in [5, 5.41) is 1.72. The van der Waals surface area contributed by atoms with Crippen molar-refractivity contribution in [2.24, 2.45) is 5.92 Å². The lowest BCUT2D eigenvalue weighted by molar-refractivity contribution is -0.159. The first-order chi connectivity index (χ1) is 10.4. The maximum Gasteiger partial charge on any atom is 0.324 e. The minimum absolute atomic E-state index is 0.218. The van der Waals surface area contributed by atoms with E-state index in [1.54, 1.807) is 13.8 Å². The molecule has 1 rings (SSSR count). The molecule has 0 aliphatic heterocycles. The Labute approximate surface area is 133 Å². The lowest BCUT2D eigenvalue weighted by Gasteiger charge is -2.29. The summed E-state index contributed by atoms with van der Waals surface area (Å²) < 4.78 is 10.1. The van der Waals surface area contributed by atoms with E-state index in [0.717, 1.165) is 5.19 Å². The molecule has 0 atom stereocenters. The highest BCUT2D eigenvalue weighted by molar-refractivity contribution is 6.96. The lowest BCUT2D eigenvalue weighted by atomic mass is 10.1. The van der Waals surface area contributed by atoms with Crippen molar-refractivity contribution in [3.8, 4) is 0 Å². The smallest absolute Gasteiger partial charge is 0.324 e. The van der Waals surface area contributed by atoms with Crippen molar-refractivity contribution in [2.45, 2.75) is 26.9 Å². The van der Waals surface area contributed by atoms with E-state index in [-0.39, 0.29) is 13.2 Å². The first-order valence-corrected chi connectivity index (χ1v) is 10.4. The fourth-order valence-corrected chi connectivity index (χ4v) is 4.59. The van der Waals surface area contributed by atoms with E-state index in [0.29, 0.717) is 5.20 Å². The van der Waals surface area contributed by atoms with Crippen molar-refractivity contribution in [2.75, 3.05) is 13.2 Å². The fourth-order valence-electron chi connectivity index (χ4n) is 2.23. The third-order valence-electron chi connectivity index (χ3n) is 3.69. The van der Waals surface area contributed by atoms with Crippen molar-refractivity contribution in [3.05, 3.63) is 42.1 Å². The second kappa shape index (κ2) is 7.94. The standard InChI is InChI=1S/C17H24O4Si/c1-6-20-16(18)15(17(19)21-7-2)13(3)22(4,5)14-11-9-8-10-12-14/h8-12,15H,3,6-7H2,1-2,4-5H3. The Morgan fingerprint density at radius 1 is 1.05 bits per heavy atom. The van der Waals surface area contributed by atoms with E-state index < -0.39 is 25.9 Å². The van der Waals surface area contributed by atoms with Gasteiger partial charge in [-0.3, -0.25) is 9.59 Å². The van der Waals surface area contributed by atoms with Crippen LogP contribution in [0.1, 0.15) is 13.8 Å². The Balaban J connectivity index is 3.15. The van der Waals surface area contributed by atoms with Gasteiger partial charge in [0.15, 0.2) is 5.92 Å². The first kappa shape index (κ1) is 18.2. The van der Waals surface area contributed by atoms with Gasteiger partial charge in [0.2, 0.25) is 0 Å². The van der Waals surface area contributed by atoms with E-state index in [1.165, 1.54) is 0 Å². The lowest BCUT2D eigenvalue weighted by Crippen LogP contribution is -2.49. The van der Waals surface area contributed by atoms with Gasteiger partial charge in [0.05, 0.1) is 13.2 Å². The molecule has 120 valence electrons. The van der Waals surface area contributed by atoms with Crippen molar-refractivity contribution in [1.82, 2.24) is 0 Å². The fraction of sp³-hybridized carbons (Fsp3) is 0.412. The van der Waals surface area contributed by atoms with Crippen LogP contribution in [0.15, 0.2) is 42.1 Å². The molecule has 5 heteroatoms. The summed E-state index contributed by atoms with van der Waals surface area (Å²) in [7, 11) is -2.23. The highest BCUT2D eigenvalue weighted by Gasteiger charge is 2.41. The molecule has 1 aromatic rings. The maximum atomic E-state index is 12.2. The second-order valence-electron chi connectivity index (χ2n) is 5.45. The zero-order valence-electron chi connectivity index (χ0n) is 13.7. The van der Waals surface area contributed by atoms with Gasteiger partial charge in [-0.05, 0) is 13.8 Å². The quantitative estimate of drug-likeness (QED) is 0.440. The summed E-state index contributed by atoms with van der Waals surface area (Å²) >= 11 is 0. The van der Waals surface area contributed by atoms with Gasteiger partial charge in [-0.15, -0.1) is 6.58 Å². The molecule has 1 aromatic carbocycles. The van der Waals surface area contributed by atoms with Crippen LogP contribution in [-0.2, 0) is 19.1 Å². The topological polar surface area (TPSA) is 52.6 Å².